The standard InChI is InChI=1S/C17H18ClN3O2/c18-13-8-6-12(7-9-13)17-21-20-16(23-17)11-10-15(22)19-14-4-2-1-3-5-14/h2,4,6-9,14H,1,3,5,10-11H2,(H,19,22). The highest BCUT2D eigenvalue weighted by Gasteiger charge is 2.14. The van der Waals surface area contributed by atoms with Gasteiger partial charge in [0.05, 0.1) is 0 Å². The number of hydrogen-bond acceptors (Lipinski definition) is 4. The third-order valence-electron chi connectivity index (χ3n) is 3.72. The topological polar surface area (TPSA) is 68.0 Å². The van der Waals surface area contributed by atoms with Gasteiger partial charge in [0.25, 0.3) is 0 Å². The van der Waals surface area contributed by atoms with E-state index in [2.05, 4.69) is 27.7 Å². The Morgan fingerprint density at radius 2 is 2.13 bits per heavy atom. The number of halogens is 1. The van der Waals surface area contributed by atoms with Crippen molar-refractivity contribution in [2.45, 2.75) is 38.1 Å². The summed E-state index contributed by atoms with van der Waals surface area (Å²) in [4.78, 5) is 11.9. The highest BCUT2D eigenvalue weighted by Crippen LogP contribution is 2.20. The van der Waals surface area contributed by atoms with Gasteiger partial charge in [-0.15, -0.1) is 10.2 Å². The second-order valence-corrected chi connectivity index (χ2v) is 5.98. The van der Waals surface area contributed by atoms with Crippen molar-refractivity contribution >= 4 is 17.5 Å². The van der Waals surface area contributed by atoms with Gasteiger partial charge in [0, 0.05) is 29.5 Å². The van der Waals surface area contributed by atoms with Gasteiger partial charge >= 0.3 is 0 Å². The highest BCUT2D eigenvalue weighted by atomic mass is 35.5. The zero-order valence-corrected chi connectivity index (χ0v) is 13.4. The van der Waals surface area contributed by atoms with Crippen LogP contribution in [0, 0.1) is 0 Å². The van der Waals surface area contributed by atoms with Gasteiger partial charge in [-0.25, -0.2) is 0 Å². The molecule has 5 nitrogen and oxygen atoms in total. The number of benzene rings is 1. The first kappa shape index (κ1) is 15.7. The molecule has 1 unspecified atom stereocenters. The first-order valence-corrected chi connectivity index (χ1v) is 8.13. The Labute approximate surface area is 139 Å². The maximum absolute atomic E-state index is 11.9. The summed E-state index contributed by atoms with van der Waals surface area (Å²) in [5, 5.41) is 11.7. The van der Waals surface area contributed by atoms with E-state index in [4.69, 9.17) is 16.0 Å². The molecular weight excluding hydrogens is 314 g/mol. The van der Waals surface area contributed by atoms with E-state index in [0.29, 0.717) is 29.6 Å². The van der Waals surface area contributed by atoms with Gasteiger partial charge in [-0.05, 0) is 43.5 Å². The summed E-state index contributed by atoms with van der Waals surface area (Å²) in [5.74, 6) is 0.907. The normalized spacial score (nSPS) is 17.2. The summed E-state index contributed by atoms with van der Waals surface area (Å²) in [6.07, 6.45) is 8.17. The lowest BCUT2D eigenvalue weighted by Crippen LogP contribution is -2.34. The minimum atomic E-state index is 0.00722. The van der Waals surface area contributed by atoms with Crippen LogP contribution < -0.4 is 5.32 Å². The fraction of sp³-hybridized carbons (Fsp3) is 0.353. The molecule has 0 aliphatic heterocycles. The van der Waals surface area contributed by atoms with Crippen LogP contribution in [0.1, 0.15) is 31.6 Å². The third kappa shape index (κ3) is 4.42. The van der Waals surface area contributed by atoms with Crippen LogP contribution in [0.2, 0.25) is 5.02 Å². The average Bonchev–Trinajstić information content (AvgIpc) is 3.04. The molecule has 1 aromatic carbocycles. The summed E-state index contributed by atoms with van der Waals surface area (Å²) < 4.78 is 5.59. The first-order valence-electron chi connectivity index (χ1n) is 7.75. The molecule has 0 radical (unpaired) electrons. The summed E-state index contributed by atoms with van der Waals surface area (Å²) in [6, 6.07) is 7.34. The number of carbonyl (C=O) groups is 1. The lowest BCUT2D eigenvalue weighted by atomic mass is 10.0. The van der Waals surface area contributed by atoms with Crippen molar-refractivity contribution in [3.05, 3.63) is 47.3 Å². The zero-order chi connectivity index (χ0) is 16.1. The Kier molecular flexibility index (Phi) is 5.08. The van der Waals surface area contributed by atoms with Gasteiger partial charge in [-0.1, -0.05) is 23.8 Å². The number of aryl methyl sites for hydroxylation is 1. The van der Waals surface area contributed by atoms with E-state index >= 15 is 0 Å². The number of amides is 1. The zero-order valence-electron chi connectivity index (χ0n) is 12.7. The minimum Gasteiger partial charge on any atom is -0.421 e. The molecule has 3 rings (SSSR count). The number of carbonyl (C=O) groups excluding carboxylic acids is 1. The predicted octanol–water partition coefficient (Wildman–Crippen LogP) is 3.55. The van der Waals surface area contributed by atoms with Crippen LogP contribution in [0.15, 0.2) is 40.8 Å². The molecule has 1 N–H and O–H groups in total. The summed E-state index contributed by atoms with van der Waals surface area (Å²) in [6.45, 7) is 0. The van der Waals surface area contributed by atoms with Gasteiger partial charge in [-0.2, -0.15) is 0 Å². The number of hydrogen-bond donors (Lipinski definition) is 1. The van der Waals surface area contributed by atoms with E-state index in [1.54, 1.807) is 12.1 Å². The summed E-state index contributed by atoms with van der Waals surface area (Å²) in [5.41, 5.74) is 0.810. The Morgan fingerprint density at radius 1 is 1.30 bits per heavy atom. The molecule has 0 spiro atoms. The summed E-state index contributed by atoms with van der Waals surface area (Å²) >= 11 is 5.85. The molecule has 1 aromatic heterocycles. The van der Waals surface area contributed by atoms with Crippen molar-refractivity contribution in [2.24, 2.45) is 0 Å². The molecule has 1 heterocycles. The largest absolute Gasteiger partial charge is 0.421 e. The van der Waals surface area contributed by atoms with Crippen LogP contribution in [0.3, 0.4) is 0 Å². The molecule has 0 bridgehead atoms. The molecule has 0 fully saturated rings. The number of allylic oxidation sites excluding steroid dienone is 1. The van der Waals surface area contributed by atoms with Crippen molar-refractivity contribution in [3.63, 3.8) is 0 Å². The Bertz CT molecular complexity index is 694. The van der Waals surface area contributed by atoms with Gasteiger partial charge in [0.1, 0.15) is 0 Å². The number of rotatable bonds is 5. The number of aromatic nitrogens is 2. The second-order valence-electron chi connectivity index (χ2n) is 5.54. The van der Waals surface area contributed by atoms with Crippen LogP contribution in [-0.4, -0.2) is 22.1 Å². The molecule has 6 heteroatoms. The van der Waals surface area contributed by atoms with Crippen molar-refractivity contribution < 1.29 is 9.21 Å². The molecule has 1 aliphatic rings. The molecule has 1 amide bonds. The van der Waals surface area contributed by atoms with Crippen molar-refractivity contribution in [1.82, 2.24) is 15.5 Å². The van der Waals surface area contributed by atoms with Gasteiger partial charge in [-0.3, -0.25) is 4.79 Å². The third-order valence-corrected chi connectivity index (χ3v) is 3.98. The Morgan fingerprint density at radius 3 is 2.87 bits per heavy atom. The van der Waals surface area contributed by atoms with E-state index < -0.39 is 0 Å². The smallest absolute Gasteiger partial charge is 0.247 e. The lowest BCUT2D eigenvalue weighted by Gasteiger charge is -2.17. The van der Waals surface area contributed by atoms with Gasteiger partial charge in [0.2, 0.25) is 17.7 Å². The van der Waals surface area contributed by atoms with E-state index in [9.17, 15) is 4.79 Å². The molecule has 23 heavy (non-hydrogen) atoms. The minimum absolute atomic E-state index is 0.00722. The lowest BCUT2D eigenvalue weighted by molar-refractivity contribution is -0.121. The quantitative estimate of drug-likeness (QED) is 0.851. The van der Waals surface area contributed by atoms with E-state index in [-0.39, 0.29) is 11.9 Å². The molecular formula is C17H18ClN3O2. The molecule has 120 valence electrons. The Balaban J connectivity index is 1.52. The van der Waals surface area contributed by atoms with E-state index in [0.717, 1.165) is 24.8 Å². The van der Waals surface area contributed by atoms with Gasteiger partial charge < -0.3 is 9.73 Å². The maximum atomic E-state index is 11.9. The maximum Gasteiger partial charge on any atom is 0.247 e. The number of nitrogens with zero attached hydrogens (tertiary/aromatic N) is 2. The molecule has 0 saturated carbocycles. The monoisotopic (exact) mass is 331 g/mol. The van der Waals surface area contributed by atoms with E-state index in [1.165, 1.54) is 0 Å². The Hall–Kier alpha value is -2.14. The van der Waals surface area contributed by atoms with Crippen LogP contribution in [0.5, 0.6) is 0 Å². The van der Waals surface area contributed by atoms with Crippen molar-refractivity contribution in [3.8, 4) is 11.5 Å². The van der Waals surface area contributed by atoms with Crippen molar-refractivity contribution in [1.29, 1.82) is 0 Å². The molecule has 1 aliphatic carbocycles. The SMILES string of the molecule is O=C(CCc1nnc(-c2ccc(Cl)cc2)o1)NC1C=CCCC1. The van der Waals surface area contributed by atoms with Gasteiger partial charge in [0.15, 0.2) is 0 Å². The first-order chi connectivity index (χ1) is 11.2. The predicted molar refractivity (Wildman–Crippen MR) is 88.0 cm³/mol. The van der Waals surface area contributed by atoms with Crippen molar-refractivity contribution in [2.75, 3.05) is 0 Å². The second kappa shape index (κ2) is 7.42. The molecule has 1 atom stereocenters. The average molecular weight is 332 g/mol. The fourth-order valence-electron chi connectivity index (χ4n) is 2.50. The fourth-order valence-corrected chi connectivity index (χ4v) is 2.62. The summed E-state index contributed by atoms with van der Waals surface area (Å²) in [7, 11) is 0. The number of nitrogens with one attached hydrogen (secondary N) is 1. The molecule has 0 saturated heterocycles. The van der Waals surface area contributed by atoms with E-state index in [1.807, 2.05) is 12.1 Å². The molecule has 2 aromatic rings. The van der Waals surface area contributed by atoms with Crippen LogP contribution in [-0.2, 0) is 11.2 Å². The van der Waals surface area contributed by atoms with Crippen LogP contribution in [0.4, 0.5) is 0 Å². The highest BCUT2D eigenvalue weighted by molar-refractivity contribution is 6.30. The van der Waals surface area contributed by atoms with Crippen LogP contribution >= 0.6 is 11.6 Å². The van der Waals surface area contributed by atoms with Crippen LogP contribution in [0.25, 0.3) is 11.5 Å².